The molecule has 0 radical (unpaired) electrons. The normalized spacial score (nSPS) is 10.4. The van der Waals surface area contributed by atoms with E-state index < -0.39 is 0 Å². The third kappa shape index (κ3) is 5.18. The molecule has 0 fully saturated rings. The van der Waals surface area contributed by atoms with Gasteiger partial charge in [0.15, 0.2) is 0 Å². The van der Waals surface area contributed by atoms with Crippen molar-refractivity contribution in [3.05, 3.63) is 12.0 Å². The number of nitrogens with zero attached hydrogens (tertiary/aromatic N) is 1. The number of hydrogen-bond acceptors (Lipinski definition) is 5. The van der Waals surface area contributed by atoms with Gasteiger partial charge in [-0.2, -0.15) is 0 Å². The van der Waals surface area contributed by atoms with Crippen molar-refractivity contribution in [2.24, 2.45) is 5.84 Å². The van der Waals surface area contributed by atoms with Crippen molar-refractivity contribution in [2.75, 3.05) is 5.75 Å². The number of amides is 1. The van der Waals surface area contributed by atoms with E-state index in [2.05, 4.69) is 10.4 Å². The summed E-state index contributed by atoms with van der Waals surface area (Å²) in [7, 11) is 0. The fourth-order valence-corrected chi connectivity index (χ4v) is 2.04. The Bertz CT molecular complexity index is 328. The van der Waals surface area contributed by atoms with Crippen LogP contribution < -0.4 is 11.3 Å². The number of hydrogen-bond donors (Lipinski definition) is 2. The number of carbonyl (C=O) groups is 1. The van der Waals surface area contributed by atoms with Crippen molar-refractivity contribution in [3.8, 4) is 0 Å². The van der Waals surface area contributed by atoms with Crippen LogP contribution in [-0.2, 0) is 4.79 Å². The maximum atomic E-state index is 10.8. The summed E-state index contributed by atoms with van der Waals surface area (Å²) in [5.41, 5.74) is 3.02. The van der Waals surface area contributed by atoms with E-state index in [0.29, 0.717) is 6.42 Å². The maximum Gasteiger partial charge on any atom is 0.255 e. The Morgan fingerprint density at radius 2 is 2.38 bits per heavy atom. The Balaban J connectivity index is 1.98. The minimum atomic E-state index is -0.101. The van der Waals surface area contributed by atoms with Gasteiger partial charge in [0, 0.05) is 12.2 Å². The number of carbonyl (C=O) groups excluding carboxylic acids is 1. The molecular weight excluding hydrogens is 226 g/mol. The number of rotatable bonds is 7. The summed E-state index contributed by atoms with van der Waals surface area (Å²) in [6.45, 7) is 1.90. The lowest BCUT2D eigenvalue weighted by Crippen LogP contribution is -2.29. The summed E-state index contributed by atoms with van der Waals surface area (Å²) in [5.74, 6) is 5.83. The third-order valence-corrected chi connectivity index (χ3v) is 2.96. The average molecular weight is 243 g/mol. The van der Waals surface area contributed by atoms with Gasteiger partial charge in [0.1, 0.15) is 6.26 Å². The molecule has 1 rings (SSSR count). The van der Waals surface area contributed by atoms with E-state index in [4.69, 9.17) is 10.3 Å². The van der Waals surface area contributed by atoms with Crippen molar-refractivity contribution in [1.82, 2.24) is 10.4 Å². The fraction of sp³-hybridized carbons (Fsp3) is 0.600. The van der Waals surface area contributed by atoms with E-state index in [0.717, 1.165) is 35.9 Å². The topological polar surface area (TPSA) is 81.2 Å². The smallest absolute Gasteiger partial charge is 0.255 e. The van der Waals surface area contributed by atoms with Gasteiger partial charge in [-0.05, 0) is 19.8 Å². The average Bonchev–Trinajstić information content (AvgIpc) is 2.69. The zero-order valence-electron chi connectivity index (χ0n) is 9.36. The minimum absolute atomic E-state index is 0.101. The SMILES string of the molecule is Cc1coc(SCCCCCC(=O)NN)n1. The zero-order chi connectivity index (χ0) is 11.8. The first-order chi connectivity index (χ1) is 7.72. The van der Waals surface area contributed by atoms with Gasteiger partial charge in [0.25, 0.3) is 5.22 Å². The summed E-state index contributed by atoms with van der Waals surface area (Å²) in [6, 6.07) is 0. The van der Waals surface area contributed by atoms with Crippen LogP contribution in [0.2, 0.25) is 0 Å². The predicted molar refractivity (Wildman–Crippen MR) is 62.8 cm³/mol. The lowest BCUT2D eigenvalue weighted by atomic mass is 10.2. The molecule has 1 aromatic rings. The van der Waals surface area contributed by atoms with Crippen molar-refractivity contribution in [3.63, 3.8) is 0 Å². The minimum Gasteiger partial charge on any atom is -0.440 e. The van der Waals surface area contributed by atoms with E-state index >= 15 is 0 Å². The summed E-state index contributed by atoms with van der Waals surface area (Å²) in [6.07, 6.45) is 5.07. The summed E-state index contributed by atoms with van der Waals surface area (Å²) in [4.78, 5) is 15.0. The molecule has 16 heavy (non-hydrogen) atoms. The highest BCUT2D eigenvalue weighted by Crippen LogP contribution is 2.18. The second-order valence-corrected chi connectivity index (χ2v) is 4.53. The lowest BCUT2D eigenvalue weighted by molar-refractivity contribution is -0.121. The van der Waals surface area contributed by atoms with Crippen LogP contribution in [0.5, 0.6) is 0 Å². The number of nitrogens with one attached hydrogen (secondary N) is 1. The van der Waals surface area contributed by atoms with Gasteiger partial charge in [-0.25, -0.2) is 10.8 Å². The molecular formula is C10H17N3O2S. The van der Waals surface area contributed by atoms with Gasteiger partial charge in [0.2, 0.25) is 5.91 Å². The van der Waals surface area contributed by atoms with Gasteiger partial charge >= 0.3 is 0 Å². The van der Waals surface area contributed by atoms with E-state index in [9.17, 15) is 4.79 Å². The highest BCUT2D eigenvalue weighted by Gasteiger charge is 2.01. The van der Waals surface area contributed by atoms with Crippen LogP contribution in [0, 0.1) is 6.92 Å². The molecule has 0 aliphatic carbocycles. The van der Waals surface area contributed by atoms with E-state index in [1.165, 1.54) is 0 Å². The monoisotopic (exact) mass is 243 g/mol. The Morgan fingerprint density at radius 3 is 3.00 bits per heavy atom. The van der Waals surface area contributed by atoms with Crippen LogP contribution in [0.3, 0.4) is 0 Å². The summed E-state index contributed by atoms with van der Waals surface area (Å²) < 4.78 is 5.20. The number of aryl methyl sites for hydroxylation is 1. The lowest BCUT2D eigenvalue weighted by Gasteiger charge is -1.99. The number of thioether (sulfide) groups is 1. The molecule has 5 nitrogen and oxygen atoms in total. The molecule has 0 bridgehead atoms. The molecule has 0 aliphatic rings. The number of nitrogens with two attached hydrogens (primary N) is 1. The second-order valence-electron chi connectivity index (χ2n) is 3.48. The molecule has 0 aromatic carbocycles. The Hall–Kier alpha value is -1.01. The fourth-order valence-electron chi connectivity index (χ4n) is 1.19. The first-order valence-electron chi connectivity index (χ1n) is 5.26. The van der Waals surface area contributed by atoms with Crippen LogP contribution in [0.4, 0.5) is 0 Å². The molecule has 1 heterocycles. The molecule has 0 spiro atoms. The van der Waals surface area contributed by atoms with Crippen molar-refractivity contribution in [1.29, 1.82) is 0 Å². The highest BCUT2D eigenvalue weighted by molar-refractivity contribution is 7.99. The molecule has 1 amide bonds. The van der Waals surface area contributed by atoms with E-state index in [-0.39, 0.29) is 5.91 Å². The summed E-state index contributed by atoms with van der Waals surface area (Å²) in [5, 5.41) is 0.720. The van der Waals surface area contributed by atoms with Crippen LogP contribution in [-0.4, -0.2) is 16.6 Å². The zero-order valence-corrected chi connectivity index (χ0v) is 10.2. The quantitative estimate of drug-likeness (QED) is 0.250. The molecule has 0 unspecified atom stereocenters. The standard InChI is InChI=1S/C10H17N3O2S/c1-8-7-15-10(12-8)16-6-4-2-3-5-9(14)13-11/h7H,2-6,11H2,1H3,(H,13,14). The Kier molecular flexibility index (Phi) is 5.95. The number of aromatic nitrogens is 1. The van der Waals surface area contributed by atoms with Gasteiger partial charge < -0.3 is 4.42 Å². The largest absolute Gasteiger partial charge is 0.440 e. The Labute approximate surface area is 99.1 Å². The molecule has 0 saturated carbocycles. The first kappa shape index (κ1) is 13.1. The Morgan fingerprint density at radius 1 is 1.56 bits per heavy atom. The van der Waals surface area contributed by atoms with Crippen LogP contribution in [0.25, 0.3) is 0 Å². The molecule has 6 heteroatoms. The first-order valence-corrected chi connectivity index (χ1v) is 6.25. The van der Waals surface area contributed by atoms with Crippen LogP contribution in [0.1, 0.15) is 31.4 Å². The van der Waals surface area contributed by atoms with Gasteiger partial charge in [-0.1, -0.05) is 18.2 Å². The third-order valence-electron chi connectivity index (χ3n) is 2.03. The molecule has 3 N–H and O–H groups in total. The number of hydrazine groups is 1. The second kappa shape index (κ2) is 7.29. The van der Waals surface area contributed by atoms with Gasteiger partial charge in [-0.3, -0.25) is 10.2 Å². The van der Waals surface area contributed by atoms with E-state index in [1.807, 2.05) is 6.92 Å². The molecule has 0 saturated heterocycles. The summed E-state index contributed by atoms with van der Waals surface area (Å²) >= 11 is 1.60. The van der Waals surface area contributed by atoms with E-state index in [1.54, 1.807) is 18.0 Å². The molecule has 1 aromatic heterocycles. The van der Waals surface area contributed by atoms with Crippen molar-refractivity contribution >= 4 is 17.7 Å². The molecule has 90 valence electrons. The molecule has 0 atom stereocenters. The van der Waals surface area contributed by atoms with Gasteiger partial charge in [-0.15, -0.1) is 0 Å². The van der Waals surface area contributed by atoms with Crippen molar-refractivity contribution < 1.29 is 9.21 Å². The maximum absolute atomic E-state index is 10.8. The highest BCUT2D eigenvalue weighted by atomic mass is 32.2. The van der Waals surface area contributed by atoms with Crippen molar-refractivity contribution in [2.45, 2.75) is 37.8 Å². The predicted octanol–water partition coefficient (Wildman–Crippen LogP) is 1.63. The van der Waals surface area contributed by atoms with Gasteiger partial charge in [0.05, 0.1) is 5.69 Å². The van der Waals surface area contributed by atoms with Crippen LogP contribution >= 0.6 is 11.8 Å². The van der Waals surface area contributed by atoms with Crippen LogP contribution in [0.15, 0.2) is 15.9 Å². The number of unbranched alkanes of at least 4 members (excludes halogenated alkanes) is 2. The molecule has 0 aliphatic heterocycles. The number of oxazole rings is 1.